The standard InChI is InChI=1S/C15H31N3O/c1-12(2)7-8-16-15(19)14(4)17-11-13(3)18-9-5-6-10-18/h12-14,17H,5-11H2,1-4H3,(H,16,19). The molecule has 2 atom stereocenters. The number of likely N-dealkylation sites (tertiary alicyclic amines) is 1. The number of nitrogens with zero attached hydrogens (tertiary/aromatic N) is 1. The van der Waals surface area contributed by atoms with Gasteiger partial charge in [0.15, 0.2) is 0 Å². The van der Waals surface area contributed by atoms with Crippen molar-refractivity contribution in [2.75, 3.05) is 26.2 Å². The quantitative estimate of drug-likeness (QED) is 0.704. The zero-order valence-corrected chi connectivity index (χ0v) is 13.0. The summed E-state index contributed by atoms with van der Waals surface area (Å²) in [5, 5.41) is 6.34. The van der Waals surface area contributed by atoms with Gasteiger partial charge in [0.2, 0.25) is 5.91 Å². The lowest BCUT2D eigenvalue weighted by atomic mass is 10.1. The summed E-state index contributed by atoms with van der Waals surface area (Å²) in [5.74, 6) is 0.757. The third-order valence-corrected chi connectivity index (χ3v) is 3.90. The molecule has 19 heavy (non-hydrogen) atoms. The van der Waals surface area contributed by atoms with Crippen LogP contribution >= 0.6 is 0 Å². The Bertz CT molecular complexity index is 262. The fourth-order valence-corrected chi connectivity index (χ4v) is 2.39. The molecule has 112 valence electrons. The van der Waals surface area contributed by atoms with Crippen molar-refractivity contribution in [2.45, 2.75) is 59.0 Å². The third kappa shape index (κ3) is 6.39. The SMILES string of the molecule is CC(C)CCNC(=O)C(C)NCC(C)N1CCCC1. The lowest BCUT2D eigenvalue weighted by molar-refractivity contribution is -0.122. The number of amides is 1. The number of hydrogen-bond donors (Lipinski definition) is 2. The van der Waals surface area contributed by atoms with Gasteiger partial charge in [0, 0.05) is 19.1 Å². The van der Waals surface area contributed by atoms with E-state index in [4.69, 9.17) is 0 Å². The maximum Gasteiger partial charge on any atom is 0.236 e. The second kappa shape index (κ2) is 8.54. The largest absolute Gasteiger partial charge is 0.355 e. The molecule has 2 unspecified atom stereocenters. The van der Waals surface area contributed by atoms with E-state index in [-0.39, 0.29) is 11.9 Å². The molecule has 0 radical (unpaired) electrons. The second-order valence-corrected chi connectivity index (χ2v) is 6.20. The molecule has 0 bridgehead atoms. The van der Waals surface area contributed by atoms with Crippen molar-refractivity contribution in [1.82, 2.24) is 15.5 Å². The maximum absolute atomic E-state index is 11.9. The van der Waals surface area contributed by atoms with Crippen LogP contribution in [0.15, 0.2) is 0 Å². The van der Waals surface area contributed by atoms with Gasteiger partial charge >= 0.3 is 0 Å². The number of rotatable bonds is 8. The van der Waals surface area contributed by atoms with Crippen LogP contribution < -0.4 is 10.6 Å². The van der Waals surface area contributed by atoms with Crippen molar-refractivity contribution in [1.29, 1.82) is 0 Å². The number of nitrogens with one attached hydrogen (secondary N) is 2. The first-order valence-corrected chi connectivity index (χ1v) is 7.76. The molecule has 1 heterocycles. The van der Waals surface area contributed by atoms with Crippen molar-refractivity contribution in [3.05, 3.63) is 0 Å². The molecule has 0 aromatic heterocycles. The van der Waals surface area contributed by atoms with Gasteiger partial charge in [0.1, 0.15) is 0 Å². The van der Waals surface area contributed by atoms with E-state index in [9.17, 15) is 4.79 Å². The van der Waals surface area contributed by atoms with E-state index in [1.54, 1.807) is 0 Å². The molecule has 4 nitrogen and oxygen atoms in total. The van der Waals surface area contributed by atoms with Gasteiger partial charge in [-0.15, -0.1) is 0 Å². The Morgan fingerprint density at radius 1 is 1.16 bits per heavy atom. The second-order valence-electron chi connectivity index (χ2n) is 6.20. The van der Waals surface area contributed by atoms with Crippen LogP contribution in [0.4, 0.5) is 0 Å². The van der Waals surface area contributed by atoms with Gasteiger partial charge < -0.3 is 10.6 Å². The lowest BCUT2D eigenvalue weighted by Gasteiger charge is -2.25. The average Bonchev–Trinajstić information content (AvgIpc) is 2.88. The van der Waals surface area contributed by atoms with Crippen LogP contribution in [0.3, 0.4) is 0 Å². The molecule has 4 heteroatoms. The molecule has 1 amide bonds. The van der Waals surface area contributed by atoms with Crippen molar-refractivity contribution in [3.8, 4) is 0 Å². The van der Waals surface area contributed by atoms with Gasteiger partial charge in [0.05, 0.1) is 6.04 Å². The van der Waals surface area contributed by atoms with E-state index in [0.29, 0.717) is 12.0 Å². The third-order valence-electron chi connectivity index (χ3n) is 3.90. The zero-order chi connectivity index (χ0) is 14.3. The molecule has 0 aliphatic carbocycles. The highest BCUT2D eigenvalue weighted by Gasteiger charge is 2.19. The van der Waals surface area contributed by atoms with Gasteiger partial charge in [0.25, 0.3) is 0 Å². The first-order chi connectivity index (χ1) is 9.00. The molecule has 1 fully saturated rings. The van der Waals surface area contributed by atoms with Crippen molar-refractivity contribution < 1.29 is 4.79 Å². The van der Waals surface area contributed by atoms with E-state index < -0.39 is 0 Å². The van der Waals surface area contributed by atoms with E-state index in [1.807, 2.05) is 6.92 Å². The summed E-state index contributed by atoms with van der Waals surface area (Å²) >= 11 is 0. The van der Waals surface area contributed by atoms with Crippen LogP contribution in [0.2, 0.25) is 0 Å². The van der Waals surface area contributed by atoms with Crippen molar-refractivity contribution >= 4 is 5.91 Å². The van der Waals surface area contributed by atoms with E-state index >= 15 is 0 Å². The minimum absolute atomic E-state index is 0.0998. The van der Waals surface area contributed by atoms with Crippen LogP contribution in [0.5, 0.6) is 0 Å². The predicted octanol–water partition coefficient (Wildman–Crippen LogP) is 1.61. The lowest BCUT2D eigenvalue weighted by Crippen LogP contribution is -2.47. The molecule has 1 aliphatic heterocycles. The molecule has 0 aromatic rings. The van der Waals surface area contributed by atoms with Crippen LogP contribution in [-0.4, -0.2) is 49.1 Å². The Morgan fingerprint density at radius 3 is 2.37 bits per heavy atom. The number of carbonyl (C=O) groups is 1. The molecule has 0 spiro atoms. The topological polar surface area (TPSA) is 44.4 Å². The molecular weight excluding hydrogens is 238 g/mol. The van der Waals surface area contributed by atoms with Crippen molar-refractivity contribution in [3.63, 3.8) is 0 Å². The van der Waals surface area contributed by atoms with Crippen LogP contribution in [0, 0.1) is 5.92 Å². The summed E-state index contributed by atoms with van der Waals surface area (Å²) < 4.78 is 0. The summed E-state index contributed by atoms with van der Waals surface area (Å²) in [5.41, 5.74) is 0. The van der Waals surface area contributed by atoms with Gasteiger partial charge in [-0.1, -0.05) is 13.8 Å². The molecule has 1 aliphatic rings. The zero-order valence-electron chi connectivity index (χ0n) is 13.0. The van der Waals surface area contributed by atoms with Gasteiger partial charge in [-0.05, 0) is 52.1 Å². The minimum Gasteiger partial charge on any atom is -0.355 e. The highest BCUT2D eigenvalue weighted by atomic mass is 16.2. The van der Waals surface area contributed by atoms with Crippen LogP contribution in [-0.2, 0) is 4.79 Å². The van der Waals surface area contributed by atoms with Gasteiger partial charge in [-0.2, -0.15) is 0 Å². The fraction of sp³-hybridized carbons (Fsp3) is 0.933. The molecular formula is C15H31N3O. The smallest absolute Gasteiger partial charge is 0.236 e. The Hall–Kier alpha value is -0.610. The summed E-state index contributed by atoms with van der Waals surface area (Å²) in [6.07, 6.45) is 3.67. The van der Waals surface area contributed by atoms with E-state index in [1.165, 1.54) is 25.9 Å². The van der Waals surface area contributed by atoms with Gasteiger partial charge in [-0.25, -0.2) is 0 Å². The highest BCUT2D eigenvalue weighted by molar-refractivity contribution is 5.81. The molecule has 1 saturated heterocycles. The van der Waals surface area contributed by atoms with Gasteiger partial charge in [-0.3, -0.25) is 9.69 Å². The van der Waals surface area contributed by atoms with Crippen LogP contribution in [0.25, 0.3) is 0 Å². The first kappa shape index (κ1) is 16.4. The minimum atomic E-state index is -0.0998. The average molecular weight is 269 g/mol. The predicted molar refractivity (Wildman–Crippen MR) is 80.2 cm³/mol. The number of hydrogen-bond acceptors (Lipinski definition) is 3. The number of carbonyl (C=O) groups excluding carboxylic acids is 1. The summed E-state index contributed by atoms with van der Waals surface area (Å²) in [7, 11) is 0. The Labute approximate surface area is 118 Å². The molecule has 1 rings (SSSR count). The highest BCUT2D eigenvalue weighted by Crippen LogP contribution is 2.10. The van der Waals surface area contributed by atoms with E-state index in [2.05, 4.69) is 36.3 Å². The van der Waals surface area contributed by atoms with Crippen molar-refractivity contribution in [2.24, 2.45) is 5.92 Å². The monoisotopic (exact) mass is 269 g/mol. The summed E-state index contributed by atoms with van der Waals surface area (Å²) in [6, 6.07) is 0.422. The molecule has 2 N–H and O–H groups in total. The first-order valence-electron chi connectivity index (χ1n) is 7.76. The normalized spacial score (nSPS) is 19.6. The summed E-state index contributed by atoms with van der Waals surface area (Å²) in [4.78, 5) is 14.4. The molecule has 0 aromatic carbocycles. The Morgan fingerprint density at radius 2 is 1.79 bits per heavy atom. The Balaban J connectivity index is 2.14. The fourth-order valence-electron chi connectivity index (χ4n) is 2.39. The van der Waals surface area contributed by atoms with E-state index in [0.717, 1.165) is 19.5 Å². The van der Waals surface area contributed by atoms with Crippen LogP contribution in [0.1, 0.15) is 47.0 Å². The summed E-state index contributed by atoms with van der Waals surface area (Å²) in [6.45, 7) is 12.6. The Kier molecular flexibility index (Phi) is 7.39. The molecule has 0 saturated carbocycles. The maximum atomic E-state index is 11.9.